The standard InChI is InChI=1S/C18H24N4O2S/c23-17(7-4-10-19-18(24)14-9-12-25-13-14)21-16-8-11-20-22(16)15-5-2-1-3-6-15/h8-9,11-13,15H,1-7,10H2,(H,19,24)(H,21,23). The van der Waals surface area contributed by atoms with E-state index >= 15 is 0 Å². The lowest BCUT2D eigenvalue weighted by Gasteiger charge is -2.23. The third-order valence-electron chi connectivity index (χ3n) is 4.51. The van der Waals surface area contributed by atoms with Crippen molar-refractivity contribution in [2.45, 2.75) is 51.0 Å². The molecule has 134 valence electrons. The van der Waals surface area contributed by atoms with Gasteiger partial charge in [0.15, 0.2) is 0 Å². The fourth-order valence-corrected chi connectivity index (χ4v) is 3.82. The van der Waals surface area contributed by atoms with E-state index in [0.29, 0.717) is 31.0 Å². The molecule has 0 aliphatic heterocycles. The Labute approximate surface area is 151 Å². The minimum Gasteiger partial charge on any atom is -0.352 e. The van der Waals surface area contributed by atoms with E-state index in [4.69, 9.17) is 0 Å². The van der Waals surface area contributed by atoms with Crippen LogP contribution in [0.25, 0.3) is 0 Å². The van der Waals surface area contributed by atoms with Gasteiger partial charge in [0.1, 0.15) is 5.82 Å². The zero-order valence-corrected chi connectivity index (χ0v) is 15.1. The van der Waals surface area contributed by atoms with Crippen LogP contribution in [0, 0.1) is 0 Å². The summed E-state index contributed by atoms with van der Waals surface area (Å²) in [7, 11) is 0. The highest BCUT2D eigenvalue weighted by Gasteiger charge is 2.19. The second-order valence-corrected chi connectivity index (χ2v) is 7.15. The molecule has 0 radical (unpaired) electrons. The molecular formula is C18H24N4O2S. The molecule has 2 N–H and O–H groups in total. The quantitative estimate of drug-likeness (QED) is 0.741. The summed E-state index contributed by atoms with van der Waals surface area (Å²) in [6.07, 6.45) is 8.71. The van der Waals surface area contributed by atoms with Gasteiger partial charge in [-0.05, 0) is 30.7 Å². The summed E-state index contributed by atoms with van der Waals surface area (Å²) < 4.78 is 1.95. The van der Waals surface area contributed by atoms with E-state index in [1.807, 2.05) is 21.5 Å². The molecule has 2 amide bonds. The third-order valence-corrected chi connectivity index (χ3v) is 5.19. The van der Waals surface area contributed by atoms with Gasteiger partial charge in [-0.2, -0.15) is 16.4 Å². The highest BCUT2D eigenvalue weighted by molar-refractivity contribution is 7.08. The number of carbonyl (C=O) groups excluding carboxylic acids is 2. The van der Waals surface area contributed by atoms with Crippen LogP contribution in [0.1, 0.15) is 61.3 Å². The van der Waals surface area contributed by atoms with Crippen LogP contribution in [-0.2, 0) is 4.79 Å². The van der Waals surface area contributed by atoms with Crippen LogP contribution in [0.2, 0.25) is 0 Å². The first-order chi connectivity index (χ1) is 12.2. The Balaban J connectivity index is 1.41. The molecule has 0 saturated heterocycles. The first-order valence-electron chi connectivity index (χ1n) is 8.88. The lowest BCUT2D eigenvalue weighted by atomic mass is 9.96. The Kier molecular flexibility index (Phi) is 6.22. The number of amides is 2. The number of nitrogens with zero attached hydrogens (tertiary/aromatic N) is 2. The predicted molar refractivity (Wildman–Crippen MR) is 98.9 cm³/mol. The summed E-state index contributed by atoms with van der Waals surface area (Å²) >= 11 is 1.49. The molecule has 2 heterocycles. The molecule has 2 aromatic heterocycles. The summed E-state index contributed by atoms with van der Waals surface area (Å²) in [6.45, 7) is 0.490. The first-order valence-corrected chi connectivity index (χ1v) is 9.82. The lowest BCUT2D eigenvalue weighted by molar-refractivity contribution is -0.116. The van der Waals surface area contributed by atoms with E-state index in [1.165, 1.54) is 30.6 Å². The van der Waals surface area contributed by atoms with Gasteiger partial charge in [-0.1, -0.05) is 19.3 Å². The van der Waals surface area contributed by atoms with Gasteiger partial charge in [-0.25, -0.2) is 4.68 Å². The number of rotatable bonds is 7. The maximum absolute atomic E-state index is 12.2. The number of thiophene rings is 1. The monoisotopic (exact) mass is 360 g/mol. The van der Waals surface area contributed by atoms with Crippen molar-refractivity contribution in [1.29, 1.82) is 0 Å². The molecule has 0 spiro atoms. The molecule has 25 heavy (non-hydrogen) atoms. The van der Waals surface area contributed by atoms with Gasteiger partial charge in [-0.3, -0.25) is 9.59 Å². The number of carbonyl (C=O) groups is 2. The maximum atomic E-state index is 12.2. The van der Waals surface area contributed by atoms with Gasteiger partial charge in [-0.15, -0.1) is 0 Å². The van der Waals surface area contributed by atoms with Crippen molar-refractivity contribution in [3.8, 4) is 0 Å². The van der Waals surface area contributed by atoms with Crippen molar-refractivity contribution < 1.29 is 9.59 Å². The first kappa shape index (κ1) is 17.7. The molecule has 1 aliphatic carbocycles. The number of anilines is 1. The number of nitrogens with one attached hydrogen (secondary N) is 2. The van der Waals surface area contributed by atoms with Crippen LogP contribution in [0.5, 0.6) is 0 Å². The maximum Gasteiger partial charge on any atom is 0.252 e. The molecule has 1 aliphatic rings. The predicted octanol–water partition coefficient (Wildman–Crippen LogP) is 3.60. The zero-order valence-electron chi connectivity index (χ0n) is 14.2. The van der Waals surface area contributed by atoms with Gasteiger partial charge < -0.3 is 10.6 Å². The van der Waals surface area contributed by atoms with Crippen molar-refractivity contribution in [3.63, 3.8) is 0 Å². The van der Waals surface area contributed by atoms with E-state index in [9.17, 15) is 9.59 Å². The normalized spacial score (nSPS) is 15.0. The van der Waals surface area contributed by atoms with Crippen molar-refractivity contribution >= 4 is 29.0 Å². The van der Waals surface area contributed by atoms with E-state index in [0.717, 1.165) is 18.7 Å². The number of hydrogen-bond donors (Lipinski definition) is 2. The molecule has 0 atom stereocenters. The van der Waals surface area contributed by atoms with Crippen LogP contribution in [0.3, 0.4) is 0 Å². The Morgan fingerprint density at radius 2 is 2.08 bits per heavy atom. The summed E-state index contributed by atoms with van der Waals surface area (Å²) in [5, 5.41) is 13.9. The highest BCUT2D eigenvalue weighted by atomic mass is 32.1. The molecular weight excluding hydrogens is 336 g/mol. The largest absolute Gasteiger partial charge is 0.352 e. The lowest BCUT2D eigenvalue weighted by Crippen LogP contribution is -2.25. The summed E-state index contributed by atoms with van der Waals surface area (Å²) in [6, 6.07) is 4.04. The Morgan fingerprint density at radius 1 is 1.24 bits per heavy atom. The van der Waals surface area contributed by atoms with Crippen molar-refractivity contribution in [2.75, 3.05) is 11.9 Å². The van der Waals surface area contributed by atoms with Gasteiger partial charge in [0.2, 0.25) is 5.91 Å². The summed E-state index contributed by atoms with van der Waals surface area (Å²) in [4.78, 5) is 24.0. The van der Waals surface area contributed by atoms with Crippen LogP contribution < -0.4 is 10.6 Å². The molecule has 1 fully saturated rings. The molecule has 0 unspecified atom stereocenters. The molecule has 6 nitrogen and oxygen atoms in total. The summed E-state index contributed by atoms with van der Waals surface area (Å²) in [5.74, 6) is 0.651. The number of aromatic nitrogens is 2. The average Bonchev–Trinajstić information content (AvgIpc) is 3.31. The second-order valence-electron chi connectivity index (χ2n) is 6.37. The Morgan fingerprint density at radius 3 is 2.84 bits per heavy atom. The van der Waals surface area contributed by atoms with E-state index in [-0.39, 0.29) is 11.8 Å². The minimum absolute atomic E-state index is 0.0395. The molecule has 7 heteroatoms. The zero-order chi connectivity index (χ0) is 17.5. The van der Waals surface area contributed by atoms with Gasteiger partial charge >= 0.3 is 0 Å². The SMILES string of the molecule is O=C(CCCNC(=O)c1ccsc1)Nc1ccnn1C1CCCCC1. The number of hydrogen-bond acceptors (Lipinski definition) is 4. The van der Waals surface area contributed by atoms with Crippen molar-refractivity contribution in [3.05, 3.63) is 34.7 Å². The molecule has 0 bridgehead atoms. The molecule has 2 aromatic rings. The Bertz CT molecular complexity index is 690. The van der Waals surface area contributed by atoms with Crippen molar-refractivity contribution in [1.82, 2.24) is 15.1 Å². The molecule has 0 aromatic carbocycles. The van der Waals surface area contributed by atoms with Crippen LogP contribution >= 0.6 is 11.3 Å². The smallest absolute Gasteiger partial charge is 0.252 e. The van der Waals surface area contributed by atoms with E-state index in [1.54, 1.807) is 12.3 Å². The molecule has 1 saturated carbocycles. The van der Waals surface area contributed by atoms with Crippen LogP contribution in [0.15, 0.2) is 29.1 Å². The van der Waals surface area contributed by atoms with Gasteiger partial charge in [0.05, 0.1) is 12.2 Å². The molecule has 3 rings (SSSR count). The van der Waals surface area contributed by atoms with Gasteiger partial charge in [0.25, 0.3) is 5.91 Å². The average molecular weight is 360 g/mol. The van der Waals surface area contributed by atoms with E-state index in [2.05, 4.69) is 15.7 Å². The van der Waals surface area contributed by atoms with Gasteiger partial charge in [0, 0.05) is 30.0 Å². The van der Waals surface area contributed by atoms with Crippen LogP contribution in [0.4, 0.5) is 5.82 Å². The topological polar surface area (TPSA) is 76.0 Å². The Hall–Kier alpha value is -2.15. The fraction of sp³-hybridized carbons (Fsp3) is 0.500. The van der Waals surface area contributed by atoms with Crippen molar-refractivity contribution in [2.24, 2.45) is 0 Å². The highest BCUT2D eigenvalue weighted by Crippen LogP contribution is 2.29. The third kappa shape index (κ3) is 4.92. The minimum atomic E-state index is -0.0861. The fourth-order valence-electron chi connectivity index (χ4n) is 3.18. The van der Waals surface area contributed by atoms with E-state index < -0.39 is 0 Å². The van der Waals surface area contributed by atoms with Crippen LogP contribution in [-0.4, -0.2) is 28.1 Å². The second kappa shape index (κ2) is 8.80. The summed E-state index contributed by atoms with van der Waals surface area (Å²) in [5.41, 5.74) is 0.672.